The Hall–Kier alpha value is -3.34. The van der Waals surface area contributed by atoms with Gasteiger partial charge in [0.2, 0.25) is 5.91 Å². The molecule has 0 fully saturated rings. The zero-order valence-corrected chi connectivity index (χ0v) is 15.2. The Kier molecular flexibility index (Phi) is 6.05. The van der Waals surface area contributed by atoms with E-state index in [1.807, 2.05) is 54.6 Å². The lowest BCUT2D eigenvalue weighted by atomic mass is 10.1. The smallest absolute Gasteiger partial charge is 0.251 e. The summed E-state index contributed by atoms with van der Waals surface area (Å²) in [7, 11) is 1.60. The first-order chi connectivity index (χ1) is 13.2. The average Bonchev–Trinajstić information content (AvgIpc) is 3.20. The molecule has 2 aromatic carbocycles. The van der Waals surface area contributed by atoms with Gasteiger partial charge in [-0.15, -0.1) is 0 Å². The van der Waals surface area contributed by atoms with Crippen molar-refractivity contribution in [3.63, 3.8) is 0 Å². The predicted octanol–water partition coefficient (Wildman–Crippen LogP) is 3.56. The molecule has 0 saturated carbocycles. The first kappa shape index (κ1) is 18.5. The number of carbonyl (C=O) groups is 2. The number of hydrogen-bond acceptors (Lipinski definition) is 3. The van der Waals surface area contributed by atoms with Gasteiger partial charge in [0.25, 0.3) is 5.91 Å². The van der Waals surface area contributed by atoms with Crippen molar-refractivity contribution in [2.24, 2.45) is 0 Å². The standard InChI is InChI=1S/C22H22N2O3/c1-23-22(26)18-9-7-16(8-10-18)15-24-21(25)14-12-19-11-13-20(27-19)17-5-3-2-4-6-17/h2-11,13H,12,14-15H2,1H3,(H,23,26)(H,24,25). The predicted molar refractivity (Wildman–Crippen MR) is 104 cm³/mol. The number of aryl methyl sites for hydroxylation is 1. The second-order valence-corrected chi connectivity index (χ2v) is 6.18. The minimum Gasteiger partial charge on any atom is -0.461 e. The fourth-order valence-electron chi connectivity index (χ4n) is 2.71. The lowest BCUT2D eigenvalue weighted by Crippen LogP contribution is -2.23. The van der Waals surface area contributed by atoms with Crippen LogP contribution in [0.2, 0.25) is 0 Å². The lowest BCUT2D eigenvalue weighted by molar-refractivity contribution is -0.121. The summed E-state index contributed by atoms with van der Waals surface area (Å²) in [5.74, 6) is 1.43. The van der Waals surface area contributed by atoms with E-state index in [0.29, 0.717) is 24.9 Å². The molecule has 0 unspecified atom stereocenters. The van der Waals surface area contributed by atoms with Gasteiger partial charge in [0.05, 0.1) is 0 Å². The Balaban J connectivity index is 1.46. The average molecular weight is 362 g/mol. The molecule has 2 amide bonds. The molecule has 0 saturated heterocycles. The highest BCUT2D eigenvalue weighted by molar-refractivity contribution is 5.93. The summed E-state index contributed by atoms with van der Waals surface area (Å²) in [4.78, 5) is 23.6. The van der Waals surface area contributed by atoms with E-state index in [9.17, 15) is 9.59 Å². The number of carbonyl (C=O) groups excluding carboxylic acids is 2. The summed E-state index contributed by atoms with van der Waals surface area (Å²) in [6.45, 7) is 0.431. The number of benzene rings is 2. The second kappa shape index (κ2) is 8.85. The third-order valence-electron chi connectivity index (χ3n) is 4.25. The minimum absolute atomic E-state index is 0.0389. The van der Waals surface area contributed by atoms with Crippen LogP contribution in [0.5, 0.6) is 0 Å². The van der Waals surface area contributed by atoms with Crippen LogP contribution in [0.25, 0.3) is 11.3 Å². The Bertz CT molecular complexity index is 899. The molecule has 27 heavy (non-hydrogen) atoms. The molecule has 5 heteroatoms. The normalized spacial score (nSPS) is 10.4. The van der Waals surface area contributed by atoms with Gasteiger partial charge in [-0.3, -0.25) is 9.59 Å². The van der Waals surface area contributed by atoms with Gasteiger partial charge in [-0.2, -0.15) is 0 Å². The van der Waals surface area contributed by atoms with E-state index in [1.54, 1.807) is 19.2 Å². The van der Waals surface area contributed by atoms with E-state index < -0.39 is 0 Å². The van der Waals surface area contributed by atoms with Crippen LogP contribution >= 0.6 is 0 Å². The van der Waals surface area contributed by atoms with E-state index in [4.69, 9.17) is 4.42 Å². The van der Waals surface area contributed by atoms with Crippen LogP contribution in [0.1, 0.15) is 28.1 Å². The Morgan fingerprint density at radius 1 is 0.926 bits per heavy atom. The zero-order chi connectivity index (χ0) is 19.1. The number of amides is 2. The van der Waals surface area contributed by atoms with Gasteiger partial charge >= 0.3 is 0 Å². The van der Waals surface area contributed by atoms with Crippen molar-refractivity contribution < 1.29 is 14.0 Å². The molecule has 0 radical (unpaired) electrons. The maximum atomic E-state index is 12.1. The molecule has 0 bridgehead atoms. The molecule has 0 aliphatic heterocycles. The van der Waals surface area contributed by atoms with Crippen molar-refractivity contribution in [3.8, 4) is 11.3 Å². The molecular weight excluding hydrogens is 340 g/mol. The number of furan rings is 1. The molecule has 138 valence electrons. The monoisotopic (exact) mass is 362 g/mol. The Labute approximate surface area is 158 Å². The van der Waals surface area contributed by atoms with Crippen LogP contribution in [0.3, 0.4) is 0 Å². The minimum atomic E-state index is -0.126. The van der Waals surface area contributed by atoms with E-state index in [-0.39, 0.29) is 11.8 Å². The molecule has 0 aliphatic rings. The fraction of sp³-hybridized carbons (Fsp3) is 0.182. The second-order valence-electron chi connectivity index (χ2n) is 6.18. The summed E-state index contributed by atoms with van der Waals surface area (Å²) < 4.78 is 5.81. The summed E-state index contributed by atoms with van der Waals surface area (Å²) >= 11 is 0. The van der Waals surface area contributed by atoms with Gasteiger partial charge < -0.3 is 15.1 Å². The van der Waals surface area contributed by atoms with Crippen LogP contribution in [0.4, 0.5) is 0 Å². The summed E-state index contributed by atoms with van der Waals surface area (Å²) in [5, 5.41) is 5.47. The van der Waals surface area contributed by atoms with Crippen molar-refractivity contribution in [3.05, 3.63) is 83.6 Å². The van der Waals surface area contributed by atoms with Crippen LogP contribution < -0.4 is 10.6 Å². The molecule has 3 rings (SSSR count). The molecule has 0 aliphatic carbocycles. The highest BCUT2D eigenvalue weighted by Crippen LogP contribution is 2.22. The first-order valence-electron chi connectivity index (χ1n) is 8.87. The van der Waals surface area contributed by atoms with Crippen molar-refractivity contribution in [2.75, 3.05) is 7.05 Å². The van der Waals surface area contributed by atoms with Gasteiger partial charge in [-0.25, -0.2) is 0 Å². The SMILES string of the molecule is CNC(=O)c1ccc(CNC(=O)CCc2ccc(-c3ccccc3)o2)cc1. The molecule has 1 heterocycles. The molecular formula is C22H22N2O3. The lowest BCUT2D eigenvalue weighted by Gasteiger charge is -2.06. The largest absolute Gasteiger partial charge is 0.461 e. The van der Waals surface area contributed by atoms with Crippen LogP contribution in [0.15, 0.2) is 71.1 Å². The third-order valence-corrected chi connectivity index (χ3v) is 4.25. The van der Waals surface area contributed by atoms with Gasteiger partial charge in [-0.1, -0.05) is 42.5 Å². The van der Waals surface area contributed by atoms with E-state index >= 15 is 0 Å². The van der Waals surface area contributed by atoms with E-state index in [0.717, 1.165) is 22.6 Å². The molecule has 5 nitrogen and oxygen atoms in total. The number of nitrogens with one attached hydrogen (secondary N) is 2. The molecule has 2 N–H and O–H groups in total. The maximum Gasteiger partial charge on any atom is 0.251 e. The third kappa shape index (κ3) is 5.07. The van der Waals surface area contributed by atoms with Gasteiger partial charge in [-0.05, 0) is 29.8 Å². The van der Waals surface area contributed by atoms with Crippen LogP contribution in [0, 0.1) is 0 Å². The quantitative estimate of drug-likeness (QED) is 0.675. The van der Waals surface area contributed by atoms with Crippen molar-refractivity contribution in [1.82, 2.24) is 10.6 Å². The molecule has 3 aromatic rings. The van der Waals surface area contributed by atoms with Crippen LogP contribution in [-0.2, 0) is 17.8 Å². The molecule has 0 atom stereocenters. The topological polar surface area (TPSA) is 71.3 Å². The summed E-state index contributed by atoms with van der Waals surface area (Å²) in [6.07, 6.45) is 0.909. The highest BCUT2D eigenvalue weighted by atomic mass is 16.3. The molecule has 0 spiro atoms. The summed E-state index contributed by atoms with van der Waals surface area (Å²) in [5.41, 5.74) is 2.56. The number of hydrogen-bond donors (Lipinski definition) is 2. The van der Waals surface area contributed by atoms with Crippen LogP contribution in [-0.4, -0.2) is 18.9 Å². The van der Waals surface area contributed by atoms with Crippen molar-refractivity contribution in [2.45, 2.75) is 19.4 Å². The van der Waals surface area contributed by atoms with Gasteiger partial charge in [0.15, 0.2) is 0 Å². The van der Waals surface area contributed by atoms with Gasteiger partial charge in [0, 0.05) is 37.6 Å². The Morgan fingerprint density at radius 2 is 1.67 bits per heavy atom. The summed E-state index contributed by atoms with van der Waals surface area (Å²) in [6, 6.07) is 20.9. The van der Waals surface area contributed by atoms with E-state index in [2.05, 4.69) is 10.6 Å². The zero-order valence-electron chi connectivity index (χ0n) is 15.2. The maximum absolute atomic E-state index is 12.1. The highest BCUT2D eigenvalue weighted by Gasteiger charge is 2.08. The fourth-order valence-corrected chi connectivity index (χ4v) is 2.71. The van der Waals surface area contributed by atoms with Crippen molar-refractivity contribution in [1.29, 1.82) is 0 Å². The first-order valence-corrected chi connectivity index (χ1v) is 8.87. The Morgan fingerprint density at radius 3 is 2.37 bits per heavy atom. The van der Waals surface area contributed by atoms with Gasteiger partial charge in [0.1, 0.15) is 11.5 Å². The van der Waals surface area contributed by atoms with Crippen molar-refractivity contribution >= 4 is 11.8 Å². The number of rotatable bonds is 7. The van der Waals surface area contributed by atoms with E-state index in [1.165, 1.54) is 0 Å². The molecule has 1 aromatic heterocycles.